The lowest BCUT2D eigenvalue weighted by Gasteiger charge is -2.11. The van der Waals surface area contributed by atoms with Gasteiger partial charge in [-0.1, -0.05) is 19.1 Å². The molecule has 20 heavy (non-hydrogen) atoms. The van der Waals surface area contributed by atoms with Gasteiger partial charge in [0.2, 0.25) is 0 Å². The summed E-state index contributed by atoms with van der Waals surface area (Å²) < 4.78 is 10.4. The first-order chi connectivity index (χ1) is 9.61. The molecule has 1 aromatic rings. The van der Waals surface area contributed by atoms with Crippen LogP contribution in [0.4, 0.5) is 5.69 Å². The van der Waals surface area contributed by atoms with Gasteiger partial charge >= 0.3 is 5.97 Å². The van der Waals surface area contributed by atoms with Crippen LogP contribution >= 0.6 is 0 Å². The molecule has 1 fully saturated rings. The standard InChI is InChI=1S/C15H19NO4/c1-3-19-13-7-5-4-6-12(13)16-14(17)9-20-15(18)11-8-10(11)2/h4-7,10-11H,3,8-9H2,1-2H3,(H,16,17)/t10-,11+/m1/s1. The number of ether oxygens (including phenoxy) is 2. The lowest BCUT2D eigenvalue weighted by molar-refractivity contribution is -0.148. The van der Waals surface area contributed by atoms with E-state index < -0.39 is 0 Å². The summed E-state index contributed by atoms with van der Waals surface area (Å²) in [5.74, 6) is 0.304. The molecule has 0 spiro atoms. The van der Waals surface area contributed by atoms with Crippen LogP contribution < -0.4 is 10.1 Å². The van der Waals surface area contributed by atoms with Crippen molar-refractivity contribution in [2.45, 2.75) is 20.3 Å². The number of benzene rings is 1. The van der Waals surface area contributed by atoms with Crippen LogP contribution in [0, 0.1) is 11.8 Å². The Morgan fingerprint density at radius 1 is 1.35 bits per heavy atom. The zero-order valence-corrected chi connectivity index (χ0v) is 11.7. The Morgan fingerprint density at radius 3 is 2.70 bits per heavy atom. The minimum atomic E-state index is -0.362. The number of hydrogen-bond acceptors (Lipinski definition) is 4. The van der Waals surface area contributed by atoms with Crippen LogP contribution in [0.1, 0.15) is 20.3 Å². The topological polar surface area (TPSA) is 64.6 Å². The highest BCUT2D eigenvalue weighted by atomic mass is 16.5. The van der Waals surface area contributed by atoms with E-state index in [9.17, 15) is 9.59 Å². The van der Waals surface area contributed by atoms with Crippen LogP contribution in [0.5, 0.6) is 5.75 Å². The first-order valence-electron chi connectivity index (χ1n) is 6.80. The van der Waals surface area contributed by atoms with Gasteiger partial charge < -0.3 is 14.8 Å². The zero-order valence-electron chi connectivity index (χ0n) is 11.7. The maximum absolute atomic E-state index is 11.8. The molecule has 5 nitrogen and oxygen atoms in total. The summed E-state index contributed by atoms with van der Waals surface area (Å²) >= 11 is 0. The van der Waals surface area contributed by atoms with E-state index in [0.717, 1.165) is 6.42 Å². The summed E-state index contributed by atoms with van der Waals surface area (Å²) in [6.07, 6.45) is 0.855. The van der Waals surface area contributed by atoms with Crippen LogP contribution in [0.25, 0.3) is 0 Å². The highest BCUT2D eigenvalue weighted by Crippen LogP contribution is 2.38. The summed E-state index contributed by atoms with van der Waals surface area (Å²) in [4.78, 5) is 23.3. The molecule has 0 radical (unpaired) electrons. The van der Waals surface area contributed by atoms with E-state index in [-0.39, 0.29) is 24.4 Å². The fourth-order valence-corrected chi connectivity index (χ4v) is 1.93. The van der Waals surface area contributed by atoms with Gasteiger partial charge in [0.05, 0.1) is 18.2 Å². The quantitative estimate of drug-likeness (QED) is 0.810. The smallest absolute Gasteiger partial charge is 0.309 e. The molecule has 1 aliphatic rings. The van der Waals surface area contributed by atoms with Crippen molar-refractivity contribution in [2.75, 3.05) is 18.5 Å². The minimum absolute atomic E-state index is 0.0292. The first-order valence-corrected chi connectivity index (χ1v) is 6.80. The van der Waals surface area contributed by atoms with Gasteiger partial charge in [-0.25, -0.2) is 0 Å². The maximum Gasteiger partial charge on any atom is 0.309 e. The van der Waals surface area contributed by atoms with Crippen LogP contribution in [0.2, 0.25) is 0 Å². The van der Waals surface area contributed by atoms with E-state index in [0.29, 0.717) is 24.0 Å². The number of hydrogen-bond donors (Lipinski definition) is 1. The van der Waals surface area contributed by atoms with Gasteiger partial charge in [-0.3, -0.25) is 9.59 Å². The minimum Gasteiger partial charge on any atom is -0.492 e. The predicted molar refractivity (Wildman–Crippen MR) is 74.5 cm³/mol. The molecule has 0 aliphatic heterocycles. The normalized spacial score (nSPS) is 20.1. The number of carbonyl (C=O) groups excluding carboxylic acids is 2. The summed E-state index contributed by atoms with van der Waals surface area (Å²) in [5.41, 5.74) is 0.579. The van der Waals surface area contributed by atoms with E-state index in [2.05, 4.69) is 5.32 Å². The Hall–Kier alpha value is -2.04. The van der Waals surface area contributed by atoms with Gasteiger partial charge in [0.25, 0.3) is 5.91 Å². The fraction of sp³-hybridized carbons (Fsp3) is 0.467. The van der Waals surface area contributed by atoms with Gasteiger partial charge in [0.1, 0.15) is 5.75 Å². The first kappa shape index (κ1) is 14.4. The summed E-state index contributed by atoms with van der Waals surface area (Å²) in [6.45, 7) is 4.12. The van der Waals surface area contributed by atoms with Crippen LogP contribution in [0.3, 0.4) is 0 Å². The van der Waals surface area contributed by atoms with E-state index in [1.54, 1.807) is 18.2 Å². The van der Waals surface area contributed by atoms with Gasteiger partial charge in [-0.15, -0.1) is 0 Å². The van der Waals surface area contributed by atoms with Crippen molar-refractivity contribution in [3.8, 4) is 5.75 Å². The SMILES string of the molecule is CCOc1ccccc1NC(=O)COC(=O)[C@H]1C[C@H]1C. The van der Waals surface area contributed by atoms with Crippen molar-refractivity contribution in [1.82, 2.24) is 0 Å². The van der Waals surface area contributed by atoms with Crippen molar-refractivity contribution in [3.05, 3.63) is 24.3 Å². The average molecular weight is 277 g/mol. The van der Waals surface area contributed by atoms with Crippen LogP contribution in [0.15, 0.2) is 24.3 Å². The Morgan fingerprint density at radius 2 is 2.05 bits per heavy atom. The second-order valence-corrected chi connectivity index (χ2v) is 4.90. The second kappa shape index (κ2) is 6.41. The van der Waals surface area contributed by atoms with Crippen LogP contribution in [-0.2, 0) is 14.3 Å². The molecular weight excluding hydrogens is 258 g/mol. The number of amides is 1. The van der Waals surface area contributed by atoms with Crippen molar-refractivity contribution in [2.24, 2.45) is 11.8 Å². The number of esters is 1. The van der Waals surface area contributed by atoms with Crippen LogP contribution in [-0.4, -0.2) is 25.1 Å². The van der Waals surface area contributed by atoms with Gasteiger partial charge in [0.15, 0.2) is 6.61 Å². The molecule has 1 aliphatic carbocycles. The highest BCUT2D eigenvalue weighted by molar-refractivity contribution is 5.94. The molecule has 2 atom stereocenters. The molecule has 0 heterocycles. The number of anilines is 1. The predicted octanol–water partition coefficient (Wildman–Crippen LogP) is 2.22. The van der Waals surface area contributed by atoms with Crippen molar-refractivity contribution in [1.29, 1.82) is 0 Å². The molecule has 0 saturated heterocycles. The van der Waals surface area contributed by atoms with Crippen molar-refractivity contribution in [3.63, 3.8) is 0 Å². The summed E-state index contributed by atoms with van der Waals surface area (Å²) in [6, 6.07) is 7.15. The Kier molecular flexibility index (Phi) is 4.61. The molecule has 0 aromatic heterocycles. The monoisotopic (exact) mass is 277 g/mol. The largest absolute Gasteiger partial charge is 0.492 e. The third-order valence-electron chi connectivity index (χ3n) is 3.22. The summed E-state index contributed by atoms with van der Waals surface area (Å²) in [5, 5.41) is 2.68. The summed E-state index contributed by atoms with van der Waals surface area (Å²) in [7, 11) is 0. The van der Waals surface area contributed by atoms with Gasteiger partial charge in [-0.05, 0) is 31.4 Å². The van der Waals surface area contributed by atoms with Gasteiger partial charge in [-0.2, -0.15) is 0 Å². The van der Waals surface area contributed by atoms with E-state index in [4.69, 9.17) is 9.47 Å². The zero-order chi connectivity index (χ0) is 14.5. The molecule has 0 bridgehead atoms. The molecule has 1 saturated carbocycles. The molecular formula is C15H19NO4. The second-order valence-electron chi connectivity index (χ2n) is 4.90. The van der Waals surface area contributed by atoms with Crippen molar-refractivity contribution < 1.29 is 19.1 Å². The lowest BCUT2D eigenvalue weighted by atomic mass is 10.3. The average Bonchev–Trinajstić information content (AvgIpc) is 3.16. The Labute approximate surface area is 118 Å². The van der Waals surface area contributed by atoms with Crippen molar-refractivity contribution >= 4 is 17.6 Å². The Bertz CT molecular complexity index is 500. The molecule has 108 valence electrons. The third kappa shape index (κ3) is 3.73. The number of rotatable bonds is 6. The third-order valence-corrected chi connectivity index (χ3v) is 3.22. The molecule has 1 aromatic carbocycles. The lowest BCUT2D eigenvalue weighted by Crippen LogP contribution is -2.22. The maximum atomic E-state index is 11.8. The number of nitrogens with one attached hydrogen (secondary N) is 1. The van der Waals surface area contributed by atoms with E-state index >= 15 is 0 Å². The molecule has 2 rings (SSSR count). The fourth-order valence-electron chi connectivity index (χ4n) is 1.93. The highest BCUT2D eigenvalue weighted by Gasteiger charge is 2.40. The molecule has 1 N–H and O–H groups in total. The number of carbonyl (C=O) groups is 2. The van der Waals surface area contributed by atoms with E-state index in [1.807, 2.05) is 19.9 Å². The molecule has 1 amide bonds. The molecule has 0 unspecified atom stereocenters. The number of para-hydroxylation sites is 2. The van der Waals surface area contributed by atoms with Gasteiger partial charge in [0, 0.05) is 0 Å². The molecule has 5 heteroatoms. The van der Waals surface area contributed by atoms with E-state index in [1.165, 1.54) is 0 Å². The Balaban J connectivity index is 1.83.